The molecule has 1 atom stereocenters. The molecular weight excluding hydrogens is 209 g/mol. The van der Waals surface area contributed by atoms with E-state index in [1.807, 2.05) is 6.92 Å². The maximum Gasteiger partial charge on any atom is 0.260 e. The third kappa shape index (κ3) is 3.88. The normalized spacial score (nSPS) is 11.9. The summed E-state index contributed by atoms with van der Waals surface area (Å²) < 4.78 is 18.1. The Labute approximate surface area is 94.6 Å². The molecule has 0 heterocycles. The second-order valence-corrected chi connectivity index (χ2v) is 3.51. The lowest BCUT2D eigenvalue weighted by atomic mass is 10.3. The zero-order chi connectivity index (χ0) is 12.0. The highest BCUT2D eigenvalue weighted by atomic mass is 19.1. The van der Waals surface area contributed by atoms with Crippen LogP contribution in [-0.4, -0.2) is 18.6 Å². The molecule has 0 saturated carbocycles. The number of halogens is 1. The predicted molar refractivity (Wildman–Crippen MR) is 59.8 cm³/mol. The zero-order valence-corrected chi connectivity index (χ0v) is 9.50. The number of amides is 1. The van der Waals surface area contributed by atoms with Crippen molar-refractivity contribution in [2.45, 2.75) is 26.4 Å². The minimum absolute atomic E-state index is 0.189. The van der Waals surface area contributed by atoms with Crippen LogP contribution in [0, 0.1) is 5.82 Å². The van der Waals surface area contributed by atoms with Gasteiger partial charge in [-0.3, -0.25) is 4.79 Å². The van der Waals surface area contributed by atoms with E-state index in [-0.39, 0.29) is 11.7 Å². The smallest absolute Gasteiger partial charge is 0.260 e. The largest absolute Gasteiger partial charge is 0.481 e. The molecule has 0 aliphatic heterocycles. The average molecular weight is 225 g/mol. The molecule has 1 aromatic rings. The molecular formula is C12H16FNO2. The van der Waals surface area contributed by atoms with Gasteiger partial charge in [-0.15, -0.1) is 0 Å². The van der Waals surface area contributed by atoms with Gasteiger partial charge in [-0.25, -0.2) is 4.39 Å². The van der Waals surface area contributed by atoms with Gasteiger partial charge in [-0.2, -0.15) is 0 Å². The predicted octanol–water partition coefficient (Wildman–Crippen LogP) is 2.12. The molecule has 1 N–H and O–H groups in total. The van der Waals surface area contributed by atoms with Crippen LogP contribution in [0.4, 0.5) is 4.39 Å². The Kier molecular flexibility index (Phi) is 4.76. The van der Waals surface area contributed by atoms with Crippen molar-refractivity contribution in [2.24, 2.45) is 0 Å². The maximum absolute atomic E-state index is 12.8. The molecule has 0 fully saturated rings. The summed E-state index contributed by atoms with van der Waals surface area (Å²) in [6.07, 6.45) is 0.256. The number of carbonyl (C=O) groups is 1. The fourth-order valence-electron chi connectivity index (χ4n) is 1.19. The second kappa shape index (κ2) is 6.10. The van der Waals surface area contributed by atoms with E-state index in [0.29, 0.717) is 12.3 Å². The van der Waals surface area contributed by atoms with E-state index >= 15 is 0 Å². The van der Waals surface area contributed by atoms with Crippen molar-refractivity contribution in [1.29, 1.82) is 0 Å². The molecule has 0 aromatic heterocycles. The zero-order valence-electron chi connectivity index (χ0n) is 9.50. The molecule has 1 aromatic carbocycles. The molecule has 88 valence electrons. The first-order chi connectivity index (χ1) is 7.63. The molecule has 1 amide bonds. The van der Waals surface area contributed by atoms with Crippen molar-refractivity contribution < 1.29 is 13.9 Å². The van der Waals surface area contributed by atoms with Crippen LogP contribution in [0.15, 0.2) is 24.3 Å². The van der Waals surface area contributed by atoms with Crippen LogP contribution in [0.1, 0.15) is 20.3 Å². The lowest BCUT2D eigenvalue weighted by molar-refractivity contribution is -0.127. The second-order valence-electron chi connectivity index (χ2n) is 3.51. The SMILES string of the molecule is CCCNC(=O)C(C)Oc1cccc(F)c1. The fraction of sp³-hybridized carbons (Fsp3) is 0.417. The number of nitrogens with one attached hydrogen (secondary N) is 1. The van der Waals surface area contributed by atoms with Crippen molar-refractivity contribution in [3.63, 3.8) is 0 Å². The Bertz CT molecular complexity index is 355. The molecule has 0 aliphatic rings. The van der Waals surface area contributed by atoms with Crippen LogP contribution < -0.4 is 10.1 Å². The Morgan fingerprint density at radius 3 is 2.94 bits per heavy atom. The fourth-order valence-corrected chi connectivity index (χ4v) is 1.19. The van der Waals surface area contributed by atoms with Crippen molar-refractivity contribution in [1.82, 2.24) is 5.32 Å². The molecule has 0 spiro atoms. The average Bonchev–Trinajstić information content (AvgIpc) is 2.25. The number of rotatable bonds is 5. The lowest BCUT2D eigenvalue weighted by Gasteiger charge is -2.14. The number of carbonyl (C=O) groups excluding carboxylic acids is 1. The number of benzene rings is 1. The molecule has 1 unspecified atom stereocenters. The van der Waals surface area contributed by atoms with Crippen molar-refractivity contribution in [3.8, 4) is 5.75 Å². The summed E-state index contributed by atoms with van der Waals surface area (Å²) in [6.45, 7) is 4.23. The monoisotopic (exact) mass is 225 g/mol. The lowest BCUT2D eigenvalue weighted by Crippen LogP contribution is -2.36. The minimum atomic E-state index is -0.617. The Morgan fingerprint density at radius 1 is 1.56 bits per heavy atom. The first-order valence-corrected chi connectivity index (χ1v) is 5.33. The summed E-state index contributed by atoms with van der Waals surface area (Å²) in [4.78, 5) is 11.5. The number of ether oxygens (including phenoxy) is 1. The first-order valence-electron chi connectivity index (χ1n) is 5.33. The van der Waals surface area contributed by atoms with Gasteiger partial charge in [-0.05, 0) is 25.5 Å². The van der Waals surface area contributed by atoms with Crippen LogP contribution in [0.25, 0.3) is 0 Å². The van der Waals surface area contributed by atoms with Gasteiger partial charge < -0.3 is 10.1 Å². The molecule has 0 radical (unpaired) electrons. The number of hydrogen-bond acceptors (Lipinski definition) is 2. The summed E-state index contributed by atoms with van der Waals surface area (Å²) in [5.41, 5.74) is 0. The molecule has 16 heavy (non-hydrogen) atoms. The maximum atomic E-state index is 12.8. The standard InChI is InChI=1S/C12H16FNO2/c1-3-7-14-12(15)9(2)16-11-6-4-5-10(13)8-11/h4-6,8-9H,3,7H2,1-2H3,(H,14,15). The van der Waals surface area contributed by atoms with Gasteiger partial charge in [0, 0.05) is 12.6 Å². The van der Waals surface area contributed by atoms with Crippen LogP contribution >= 0.6 is 0 Å². The van der Waals surface area contributed by atoms with Gasteiger partial charge in [0.1, 0.15) is 11.6 Å². The first kappa shape index (κ1) is 12.5. The third-order valence-corrected chi connectivity index (χ3v) is 2.03. The summed E-state index contributed by atoms with van der Waals surface area (Å²) in [6, 6.07) is 5.74. The summed E-state index contributed by atoms with van der Waals surface area (Å²) in [7, 11) is 0. The van der Waals surface area contributed by atoms with Gasteiger partial charge in [0.15, 0.2) is 6.10 Å². The highest BCUT2D eigenvalue weighted by Crippen LogP contribution is 2.13. The van der Waals surface area contributed by atoms with Gasteiger partial charge >= 0.3 is 0 Å². The van der Waals surface area contributed by atoms with Gasteiger partial charge in [-0.1, -0.05) is 13.0 Å². The summed E-state index contributed by atoms with van der Waals surface area (Å²) in [5.74, 6) is -0.205. The van der Waals surface area contributed by atoms with Crippen LogP contribution in [-0.2, 0) is 4.79 Å². The minimum Gasteiger partial charge on any atom is -0.481 e. The van der Waals surface area contributed by atoms with Gasteiger partial charge in [0.25, 0.3) is 5.91 Å². The quantitative estimate of drug-likeness (QED) is 0.833. The molecule has 1 rings (SSSR count). The van der Waals surface area contributed by atoms with Crippen LogP contribution in [0.3, 0.4) is 0 Å². The third-order valence-electron chi connectivity index (χ3n) is 2.03. The van der Waals surface area contributed by atoms with Crippen molar-refractivity contribution in [3.05, 3.63) is 30.1 Å². The molecule has 0 aliphatic carbocycles. The van der Waals surface area contributed by atoms with E-state index in [2.05, 4.69) is 5.32 Å². The summed E-state index contributed by atoms with van der Waals surface area (Å²) in [5, 5.41) is 2.71. The topological polar surface area (TPSA) is 38.3 Å². The van der Waals surface area contributed by atoms with Crippen LogP contribution in [0.5, 0.6) is 5.75 Å². The Hall–Kier alpha value is -1.58. The van der Waals surface area contributed by atoms with E-state index < -0.39 is 6.10 Å². The summed E-state index contributed by atoms with van der Waals surface area (Å²) >= 11 is 0. The molecule has 3 nitrogen and oxygen atoms in total. The Balaban J connectivity index is 2.50. The van der Waals surface area contributed by atoms with E-state index in [1.54, 1.807) is 19.1 Å². The molecule has 0 saturated heterocycles. The van der Waals surface area contributed by atoms with Crippen LogP contribution in [0.2, 0.25) is 0 Å². The van der Waals surface area contributed by atoms with Crippen molar-refractivity contribution in [2.75, 3.05) is 6.54 Å². The van der Waals surface area contributed by atoms with Gasteiger partial charge in [0.05, 0.1) is 0 Å². The van der Waals surface area contributed by atoms with Crippen molar-refractivity contribution >= 4 is 5.91 Å². The number of hydrogen-bond donors (Lipinski definition) is 1. The highest BCUT2D eigenvalue weighted by Gasteiger charge is 2.13. The van der Waals surface area contributed by atoms with E-state index in [0.717, 1.165) is 6.42 Å². The Morgan fingerprint density at radius 2 is 2.31 bits per heavy atom. The van der Waals surface area contributed by atoms with E-state index in [9.17, 15) is 9.18 Å². The highest BCUT2D eigenvalue weighted by molar-refractivity contribution is 5.80. The molecule has 0 bridgehead atoms. The van der Waals surface area contributed by atoms with E-state index in [1.165, 1.54) is 12.1 Å². The molecule has 4 heteroatoms. The van der Waals surface area contributed by atoms with Gasteiger partial charge in [0.2, 0.25) is 0 Å². The van der Waals surface area contributed by atoms with E-state index in [4.69, 9.17) is 4.74 Å².